The predicted octanol–water partition coefficient (Wildman–Crippen LogP) is 3.87. The number of Topliss-reactive ketones (excluding diaryl/α,β-unsaturated/α-hetero) is 1. The van der Waals surface area contributed by atoms with Crippen molar-refractivity contribution in [2.75, 3.05) is 13.1 Å². The molecule has 1 aliphatic heterocycles. The van der Waals surface area contributed by atoms with Crippen LogP contribution in [0.1, 0.15) is 92.4 Å². The molecule has 10 nitrogen and oxygen atoms in total. The van der Waals surface area contributed by atoms with E-state index in [1.807, 2.05) is 13.8 Å². The van der Waals surface area contributed by atoms with Gasteiger partial charge >= 0.3 is 12.3 Å². The van der Waals surface area contributed by atoms with E-state index in [-0.39, 0.29) is 36.6 Å². The number of ether oxygens (including phenoxy) is 1. The van der Waals surface area contributed by atoms with Gasteiger partial charge in [-0.1, -0.05) is 46.0 Å². The van der Waals surface area contributed by atoms with Crippen molar-refractivity contribution in [1.82, 2.24) is 20.9 Å². The van der Waals surface area contributed by atoms with Gasteiger partial charge in [0.15, 0.2) is 0 Å². The normalized spacial score (nSPS) is 23.0. The average molecular weight is 617 g/mol. The molecule has 0 aromatic carbocycles. The van der Waals surface area contributed by atoms with Gasteiger partial charge in [-0.3, -0.25) is 19.2 Å². The first-order valence-corrected chi connectivity index (χ1v) is 15.5. The molecule has 4 amide bonds. The molecular weight excluding hydrogens is 569 g/mol. The van der Waals surface area contributed by atoms with Gasteiger partial charge in [0.05, 0.1) is 6.04 Å². The number of hydrogen-bond acceptors (Lipinski definition) is 6. The molecule has 0 radical (unpaired) electrons. The highest BCUT2D eigenvalue weighted by Crippen LogP contribution is 2.36. The Balaban J connectivity index is 1.83. The summed E-state index contributed by atoms with van der Waals surface area (Å²) in [5.74, 6) is -3.96. The van der Waals surface area contributed by atoms with E-state index in [1.54, 1.807) is 26.1 Å². The van der Waals surface area contributed by atoms with Crippen molar-refractivity contribution in [3.63, 3.8) is 0 Å². The molecule has 0 aromatic heterocycles. The molecule has 43 heavy (non-hydrogen) atoms. The lowest BCUT2D eigenvalue weighted by Crippen LogP contribution is -2.59. The summed E-state index contributed by atoms with van der Waals surface area (Å²) in [6.07, 6.45) is 1.10. The molecule has 4 atom stereocenters. The molecule has 0 bridgehead atoms. The van der Waals surface area contributed by atoms with Crippen LogP contribution < -0.4 is 16.0 Å². The maximum atomic E-state index is 14.2. The number of rotatable bonds is 11. The van der Waals surface area contributed by atoms with Gasteiger partial charge in [0, 0.05) is 6.54 Å². The fraction of sp³-hybridized carbons (Fsp3) is 0.833. The predicted molar refractivity (Wildman–Crippen MR) is 152 cm³/mol. The molecule has 0 aromatic rings. The van der Waals surface area contributed by atoms with E-state index in [9.17, 15) is 37.1 Å². The Morgan fingerprint density at radius 3 is 2.07 bits per heavy atom. The third kappa shape index (κ3) is 10.4. The minimum Gasteiger partial charge on any atom is -0.444 e. The first-order chi connectivity index (χ1) is 20.0. The van der Waals surface area contributed by atoms with E-state index >= 15 is 0 Å². The van der Waals surface area contributed by atoms with E-state index in [2.05, 4.69) is 10.6 Å². The van der Waals surface area contributed by atoms with Crippen LogP contribution >= 0.6 is 0 Å². The summed E-state index contributed by atoms with van der Waals surface area (Å²) in [4.78, 5) is 67.5. The smallest absolute Gasteiger partial charge is 0.408 e. The van der Waals surface area contributed by atoms with Crippen molar-refractivity contribution in [3.05, 3.63) is 0 Å². The van der Waals surface area contributed by atoms with Crippen LogP contribution in [0.3, 0.4) is 0 Å². The maximum Gasteiger partial charge on any atom is 0.408 e. The number of halogens is 3. The van der Waals surface area contributed by atoms with E-state index in [0.29, 0.717) is 6.42 Å². The van der Waals surface area contributed by atoms with Crippen molar-refractivity contribution < 1.29 is 41.9 Å². The van der Waals surface area contributed by atoms with Crippen LogP contribution in [0.4, 0.5) is 18.0 Å². The Morgan fingerprint density at radius 1 is 0.907 bits per heavy atom. The molecule has 2 saturated carbocycles. The molecule has 13 heteroatoms. The summed E-state index contributed by atoms with van der Waals surface area (Å²) in [6, 6.07) is -3.20. The third-order valence-corrected chi connectivity index (χ3v) is 8.48. The zero-order valence-electron chi connectivity index (χ0n) is 25.9. The van der Waals surface area contributed by atoms with Crippen molar-refractivity contribution in [2.24, 2.45) is 23.7 Å². The summed E-state index contributed by atoms with van der Waals surface area (Å²) < 4.78 is 43.4. The van der Waals surface area contributed by atoms with E-state index < -0.39 is 66.0 Å². The van der Waals surface area contributed by atoms with Crippen molar-refractivity contribution in [2.45, 2.75) is 122 Å². The minimum absolute atomic E-state index is 0.0202. The Kier molecular flexibility index (Phi) is 11.5. The molecule has 1 heterocycles. The SMILES string of the molecule is CC(C)[C@H]1CCN(C(=O)[C@@H](NC(=O)OC(C)(C)C)C2CCCCC2)[C@@H]1C(=O)NC(CC1CC1)C(=O)C(=O)NCC(F)(F)F. The number of amides is 4. The zero-order valence-corrected chi connectivity index (χ0v) is 25.9. The summed E-state index contributed by atoms with van der Waals surface area (Å²) in [5.41, 5.74) is -0.779. The van der Waals surface area contributed by atoms with Gasteiger partial charge in [-0.05, 0) is 70.1 Å². The molecule has 1 unspecified atom stereocenters. The molecule has 3 N–H and O–H groups in total. The molecule has 3 rings (SSSR count). The Bertz CT molecular complexity index is 1030. The fourth-order valence-electron chi connectivity index (χ4n) is 6.16. The molecule has 0 spiro atoms. The summed E-state index contributed by atoms with van der Waals surface area (Å²) in [6.45, 7) is 7.62. The average Bonchev–Trinajstić information content (AvgIpc) is 3.61. The van der Waals surface area contributed by atoms with Gasteiger partial charge < -0.3 is 25.6 Å². The molecule has 3 aliphatic rings. The van der Waals surface area contributed by atoms with Gasteiger partial charge in [-0.2, -0.15) is 13.2 Å². The number of ketones is 1. The van der Waals surface area contributed by atoms with Crippen molar-refractivity contribution in [1.29, 1.82) is 0 Å². The number of alkyl halides is 3. The molecule has 2 aliphatic carbocycles. The van der Waals surface area contributed by atoms with Gasteiger partial charge in [0.25, 0.3) is 5.91 Å². The topological polar surface area (TPSA) is 134 Å². The Morgan fingerprint density at radius 2 is 1.53 bits per heavy atom. The highest BCUT2D eigenvalue weighted by molar-refractivity contribution is 6.38. The van der Waals surface area contributed by atoms with Gasteiger partial charge in [-0.25, -0.2) is 4.79 Å². The number of hydrogen-bond donors (Lipinski definition) is 3. The van der Waals surface area contributed by atoms with E-state index in [1.165, 1.54) is 4.90 Å². The quantitative estimate of drug-likeness (QED) is 0.302. The first kappa shape index (κ1) is 34.6. The summed E-state index contributed by atoms with van der Waals surface area (Å²) in [7, 11) is 0. The van der Waals surface area contributed by atoms with Crippen LogP contribution in [0.2, 0.25) is 0 Å². The van der Waals surface area contributed by atoms with Gasteiger partial charge in [0.2, 0.25) is 17.6 Å². The standard InChI is InChI=1S/C30H47F3N4O6/c1-17(2)20-13-14-37(27(41)22(19-9-7-6-8-10-19)36-28(42)43-29(3,4)5)23(20)25(39)35-21(15-18-11-12-18)24(38)26(40)34-16-30(31,32)33/h17-23H,6-16H2,1-5H3,(H,34,40)(H,35,39)(H,36,42)/t20-,21?,22+,23+/m1/s1. The molecular formula is C30H47F3N4O6. The highest BCUT2D eigenvalue weighted by atomic mass is 19.4. The number of carbonyl (C=O) groups is 5. The van der Waals surface area contributed by atoms with Crippen LogP contribution in [-0.4, -0.2) is 77.5 Å². The second-order valence-electron chi connectivity index (χ2n) is 13.6. The Hall–Kier alpha value is -2.86. The monoisotopic (exact) mass is 616 g/mol. The van der Waals surface area contributed by atoms with Crippen LogP contribution in [-0.2, 0) is 23.9 Å². The lowest BCUT2D eigenvalue weighted by molar-refractivity contribution is -0.147. The van der Waals surface area contributed by atoms with Gasteiger partial charge in [0.1, 0.15) is 24.2 Å². The van der Waals surface area contributed by atoms with Crippen LogP contribution in [0.5, 0.6) is 0 Å². The lowest BCUT2D eigenvalue weighted by Gasteiger charge is -2.36. The number of likely N-dealkylation sites (tertiary alicyclic amines) is 1. The second-order valence-corrected chi connectivity index (χ2v) is 13.6. The maximum absolute atomic E-state index is 14.2. The summed E-state index contributed by atoms with van der Waals surface area (Å²) in [5, 5.41) is 7.00. The van der Waals surface area contributed by atoms with Gasteiger partial charge in [-0.15, -0.1) is 0 Å². The van der Waals surface area contributed by atoms with E-state index in [4.69, 9.17) is 4.74 Å². The highest BCUT2D eigenvalue weighted by Gasteiger charge is 2.47. The second kappa shape index (κ2) is 14.3. The fourth-order valence-corrected chi connectivity index (χ4v) is 6.16. The van der Waals surface area contributed by atoms with Crippen molar-refractivity contribution in [3.8, 4) is 0 Å². The van der Waals surface area contributed by atoms with Crippen LogP contribution in [0.25, 0.3) is 0 Å². The number of alkyl carbamates (subject to hydrolysis) is 1. The number of nitrogens with one attached hydrogen (secondary N) is 3. The Labute approximate surface area is 251 Å². The number of carbonyl (C=O) groups excluding carboxylic acids is 5. The molecule has 3 fully saturated rings. The van der Waals surface area contributed by atoms with Crippen LogP contribution in [0, 0.1) is 23.7 Å². The summed E-state index contributed by atoms with van der Waals surface area (Å²) >= 11 is 0. The molecule has 244 valence electrons. The van der Waals surface area contributed by atoms with Crippen LogP contribution in [0.15, 0.2) is 0 Å². The lowest BCUT2D eigenvalue weighted by atomic mass is 9.83. The number of nitrogens with zero attached hydrogens (tertiary/aromatic N) is 1. The molecule has 1 saturated heterocycles. The van der Waals surface area contributed by atoms with E-state index in [0.717, 1.165) is 44.9 Å². The van der Waals surface area contributed by atoms with Crippen molar-refractivity contribution >= 4 is 29.6 Å². The largest absolute Gasteiger partial charge is 0.444 e. The third-order valence-electron chi connectivity index (χ3n) is 8.48. The minimum atomic E-state index is -4.69. The zero-order chi connectivity index (χ0) is 32.1. The first-order valence-electron chi connectivity index (χ1n) is 15.5.